The number of non-ortho nitro benzene ring substituents is 1. The second kappa shape index (κ2) is 9.36. The highest BCUT2D eigenvalue weighted by Gasteiger charge is 2.46. The summed E-state index contributed by atoms with van der Waals surface area (Å²) in [6, 6.07) is 12.3. The van der Waals surface area contributed by atoms with Crippen LogP contribution in [-0.4, -0.2) is 38.3 Å². The number of nitro benzene ring substituents is 1. The van der Waals surface area contributed by atoms with Crippen LogP contribution in [0.2, 0.25) is 0 Å². The largest absolute Gasteiger partial charge is 0.507 e. The van der Waals surface area contributed by atoms with Crippen molar-refractivity contribution in [2.24, 2.45) is 0 Å². The van der Waals surface area contributed by atoms with E-state index in [2.05, 4.69) is 0 Å². The summed E-state index contributed by atoms with van der Waals surface area (Å²) < 4.78 is 5.46. The maximum absolute atomic E-state index is 13.1. The number of hydrogen-bond donors (Lipinski definition) is 2. The SMILES string of the molecule is CCOc1cc(C2/C(=C(\O)c3cccc([N+](=O)[O-])c3)C(=O)C(=O)N2Cc2cccs2)ccc1O. The molecule has 0 saturated carbocycles. The summed E-state index contributed by atoms with van der Waals surface area (Å²) in [5, 5.41) is 34.3. The maximum Gasteiger partial charge on any atom is 0.295 e. The van der Waals surface area contributed by atoms with Gasteiger partial charge in [0.2, 0.25) is 0 Å². The molecule has 174 valence electrons. The Morgan fingerprint density at radius 2 is 1.97 bits per heavy atom. The molecule has 34 heavy (non-hydrogen) atoms. The molecule has 10 heteroatoms. The molecule has 2 heterocycles. The topological polar surface area (TPSA) is 130 Å². The second-order valence-corrected chi connectivity index (χ2v) is 8.51. The van der Waals surface area contributed by atoms with Crippen LogP contribution in [0.4, 0.5) is 5.69 Å². The van der Waals surface area contributed by atoms with Crippen LogP contribution in [0.3, 0.4) is 0 Å². The van der Waals surface area contributed by atoms with Crippen molar-refractivity contribution < 1.29 is 29.5 Å². The summed E-state index contributed by atoms with van der Waals surface area (Å²) in [4.78, 5) is 38.9. The van der Waals surface area contributed by atoms with Gasteiger partial charge in [-0.2, -0.15) is 0 Å². The Labute approximate surface area is 198 Å². The summed E-state index contributed by atoms with van der Waals surface area (Å²) in [6.45, 7) is 2.14. The molecule has 1 fully saturated rings. The third kappa shape index (κ3) is 4.23. The van der Waals surface area contributed by atoms with E-state index in [4.69, 9.17) is 4.74 Å². The van der Waals surface area contributed by atoms with Crippen molar-refractivity contribution >= 4 is 34.5 Å². The van der Waals surface area contributed by atoms with Crippen LogP contribution < -0.4 is 4.74 Å². The van der Waals surface area contributed by atoms with Crippen molar-refractivity contribution in [2.45, 2.75) is 19.5 Å². The number of likely N-dealkylation sites (tertiary alicyclic amines) is 1. The predicted octanol–water partition coefficient (Wildman–Crippen LogP) is 4.38. The van der Waals surface area contributed by atoms with Crippen LogP contribution >= 0.6 is 11.3 Å². The maximum atomic E-state index is 13.1. The zero-order valence-electron chi connectivity index (χ0n) is 18.0. The number of ether oxygens (including phenoxy) is 1. The molecule has 9 nitrogen and oxygen atoms in total. The predicted molar refractivity (Wildman–Crippen MR) is 125 cm³/mol. The van der Waals surface area contributed by atoms with E-state index < -0.39 is 28.4 Å². The number of aromatic hydroxyl groups is 1. The molecule has 3 aromatic rings. The molecule has 0 radical (unpaired) electrons. The Balaban J connectivity index is 1.90. The lowest BCUT2D eigenvalue weighted by molar-refractivity contribution is -0.384. The van der Waals surface area contributed by atoms with Crippen molar-refractivity contribution in [3.63, 3.8) is 0 Å². The van der Waals surface area contributed by atoms with Gasteiger partial charge in [0.15, 0.2) is 11.5 Å². The van der Waals surface area contributed by atoms with Gasteiger partial charge < -0.3 is 19.8 Å². The number of ketones is 1. The highest BCUT2D eigenvalue weighted by Crippen LogP contribution is 2.43. The number of rotatable bonds is 7. The highest BCUT2D eigenvalue weighted by atomic mass is 32.1. The number of nitro groups is 1. The molecule has 1 unspecified atom stereocenters. The number of nitrogens with zero attached hydrogens (tertiary/aromatic N) is 2. The van der Waals surface area contributed by atoms with Gasteiger partial charge in [0.1, 0.15) is 5.76 Å². The van der Waals surface area contributed by atoms with Crippen LogP contribution in [-0.2, 0) is 16.1 Å². The number of carbonyl (C=O) groups excluding carboxylic acids is 2. The van der Waals surface area contributed by atoms with Gasteiger partial charge in [0.25, 0.3) is 17.4 Å². The van der Waals surface area contributed by atoms with Crippen LogP contribution in [0.25, 0.3) is 5.76 Å². The number of amides is 1. The number of phenolic OH excluding ortho intramolecular Hbond substituents is 1. The standard InChI is InChI=1S/C24H20N2O7S/c1-2-33-19-12-14(8-9-18(19)27)21-20(22(28)15-5-3-6-16(11-15)26(31)32)23(29)24(30)25(21)13-17-7-4-10-34-17/h3-12,21,27-28H,2,13H2,1H3/b22-20+. The van der Waals surface area contributed by atoms with Crippen LogP contribution in [0.5, 0.6) is 11.5 Å². The Bertz CT molecular complexity index is 1300. The van der Waals surface area contributed by atoms with Crippen molar-refractivity contribution in [3.05, 3.63) is 91.7 Å². The fraction of sp³-hybridized carbons (Fsp3) is 0.167. The molecule has 0 aliphatic carbocycles. The molecular formula is C24H20N2O7S. The summed E-state index contributed by atoms with van der Waals surface area (Å²) in [5.74, 6) is -2.18. The Morgan fingerprint density at radius 1 is 1.18 bits per heavy atom. The Morgan fingerprint density at radius 3 is 2.65 bits per heavy atom. The molecule has 0 spiro atoms. The normalized spacial score (nSPS) is 17.2. The first kappa shape index (κ1) is 23.0. The molecule has 1 saturated heterocycles. The average molecular weight is 480 g/mol. The number of carbonyl (C=O) groups is 2. The zero-order valence-corrected chi connectivity index (χ0v) is 18.8. The van der Waals surface area contributed by atoms with Gasteiger partial charge in [-0.05, 0) is 36.1 Å². The van der Waals surface area contributed by atoms with Gasteiger partial charge in [0, 0.05) is 22.6 Å². The summed E-state index contributed by atoms with van der Waals surface area (Å²) in [6.07, 6.45) is 0. The van der Waals surface area contributed by atoms with E-state index in [1.165, 1.54) is 52.6 Å². The number of hydrogen-bond acceptors (Lipinski definition) is 8. The van der Waals surface area contributed by atoms with E-state index in [0.717, 1.165) is 10.9 Å². The van der Waals surface area contributed by atoms with Crippen molar-refractivity contribution in [3.8, 4) is 11.5 Å². The Hall–Kier alpha value is -4.18. The first-order chi connectivity index (χ1) is 16.3. The summed E-state index contributed by atoms with van der Waals surface area (Å²) >= 11 is 1.41. The van der Waals surface area contributed by atoms with Crippen molar-refractivity contribution in [1.82, 2.24) is 4.90 Å². The fourth-order valence-electron chi connectivity index (χ4n) is 3.85. The van der Waals surface area contributed by atoms with Gasteiger partial charge >= 0.3 is 0 Å². The third-order valence-corrected chi connectivity index (χ3v) is 6.24. The molecule has 1 amide bonds. The molecule has 1 atom stereocenters. The molecule has 1 aliphatic rings. The minimum Gasteiger partial charge on any atom is -0.507 e. The highest BCUT2D eigenvalue weighted by molar-refractivity contribution is 7.09. The third-order valence-electron chi connectivity index (χ3n) is 5.38. The summed E-state index contributed by atoms with van der Waals surface area (Å²) in [5.41, 5.74) is 0.00740. The average Bonchev–Trinajstić information content (AvgIpc) is 3.43. The van der Waals surface area contributed by atoms with Gasteiger partial charge in [-0.25, -0.2) is 0 Å². The Kier molecular flexibility index (Phi) is 6.33. The lowest BCUT2D eigenvalue weighted by Crippen LogP contribution is -2.28. The number of benzene rings is 2. The molecule has 4 rings (SSSR count). The quantitative estimate of drug-likeness (QED) is 0.169. The number of phenols is 1. The molecule has 2 N–H and O–H groups in total. The lowest BCUT2D eigenvalue weighted by Gasteiger charge is -2.25. The van der Waals surface area contributed by atoms with Gasteiger partial charge in [-0.15, -0.1) is 11.3 Å². The van der Waals surface area contributed by atoms with Crippen LogP contribution in [0.1, 0.15) is 29.0 Å². The second-order valence-electron chi connectivity index (χ2n) is 7.47. The van der Waals surface area contributed by atoms with E-state index in [1.54, 1.807) is 6.92 Å². The zero-order chi connectivity index (χ0) is 24.4. The monoisotopic (exact) mass is 480 g/mol. The number of Topliss-reactive ketones (excluding diaryl/α,β-unsaturated/α-hetero) is 1. The van der Waals surface area contributed by atoms with Crippen molar-refractivity contribution in [2.75, 3.05) is 6.61 Å². The number of aliphatic hydroxyl groups is 1. The van der Waals surface area contributed by atoms with E-state index in [9.17, 15) is 29.9 Å². The molecule has 2 aromatic carbocycles. The van der Waals surface area contributed by atoms with Crippen LogP contribution in [0.15, 0.2) is 65.6 Å². The molecule has 0 bridgehead atoms. The van der Waals surface area contributed by atoms with Gasteiger partial charge in [0.05, 0.1) is 29.7 Å². The smallest absolute Gasteiger partial charge is 0.295 e. The van der Waals surface area contributed by atoms with Crippen molar-refractivity contribution in [1.29, 1.82) is 0 Å². The number of aliphatic hydroxyl groups excluding tert-OH is 1. The van der Waals surface area contributed by atoms with Crippen LogP contribution in [0, 0.1) is 10.1 Å². The summed E-state index contributed by atoms with van der Waals surface area (Å²) in [7, 11) is 0. The fourth-order valence-corrected chi connectivity index (χ4v) is 4.56. The van der Waals surface area contributed by atoms with Gasteiger partial charge in [-0.3, -0.25) is 19.7 Å². The van der Waals surface area contributed by atoms with E-state index in [-0.39, 0.29) is 41.5 Å². The first-order valence-corrected chi connectivity index (χ1v) is 11.2. The first-order valence-electron chi connectivity index (χ1n) is 10.3. The van der Waals surface area contributed by atoms with Gasteiger partial charge in [-0.1, -0.05) is 24.3 Å². The number of thiophene rings is 1. The van der Waals surface area contributed by atoms with E-state index >= 15 is 0 Å². The molecule has 1 aliphatic heterocycles. The van der Waals surface area contributed by atoms with E-state index in [1.807, 2.05) is 17.5 Å². The minimum absolute atomic E-state index is 0.0390. The minimum atomic E-state index is -0.999. The molecule has 1 aromatic heterocycles. The molecular weight excluding hydrogens is 460 g/mol. The lowest BCUT2D eigenvalue weighted by atomic mass is 9.95. The van der Waals surface area contributed by atoms with E-state index in [0.29, 0.717) is 5.56 Å².